The Morgan fingerprint density at radius 1 is 1.17 bits per heavy atom. The number of aromatic nitrogens is 2. The number of ether oxygens (including phenoxy) is 2. The molecule has 2 aromatic heterocycles. The molecule has 0 saturated heterocycles. The number of carbonyl (C=O) groups excluding carboxylic acids is 1. The zero-order chi connectivity index (χ0) is 33.6. The lowest BCUT2D eigenvalue weighted by Gasteiger charge is -2.20. The van der Waals surface area contributed by atoms with E-state index in [1.807, 2.05) is 52.9 Å². The number of carbonyl (C=O) groups is 1. The minimum Gasteiger partial charge on any atom is -0.496 e. The number of fused-ring (bicyclic) bond motifs is 1. The first-order valence-electron chi connectivity index (χ1n) is 16.1. The summed E-state index contributed by atoms with van der Waals surface area (Å²) in [6.45, 7) is 16.5. The van der Waals surface area contributed by atoms with E-state index in [-0.39, 0.29) is 9.35 Å². The van der Waals surface area contributed by atoms with Crippen molar-refractivity contribution in [3.8, 4) is 22.8 Å². The number of anilines is 1. The van der Waals surface area contributed by atoms with E-state index in [0.29, 0.717) is 71.1 Å². The van der Waals surface area contributed by atoms with Crippen LogP contribution < -0.4 is 19.9 Å². The molecule has 0 fully saturated rings. The summed E-state index contributed by atoms with van der Waals surface area (Å²) in [5.41, 5.74) is 2.27. The highest BCUT2D eigenvalue weighted by molar-refractivity contribution is 14.1. The van der Waals surface area contributed by atoms with E-state index >= 15 is 0 Å². The van der Waals surface area contributed by atoms with Crippen LogP contribution in [-0.4, -0.2) is 51.7 Å². The summed E-state index contributed by atoms with van der Waals surface area (Å²) in [7, 11) is 1.62. The third kappa shape index (κ3) is 8.26. The second-order valence-corrected chi connectivity index (χ2v) is 14.8. The van der Waals surface area contributed by atoms with Crippen LogP contribution in [0.2, 0.25) is 0 Å². The van der Waals surface area contributed by atoms with Crippen molar-refractivity contribution in [1.29, 1.82) is 0 Å². The van der Waals surface area contributed by atoms with Gasteiger partial charge >= 0.3 is 0 Å². The average molecular weight is 760 g/mol. The standard InChI is InChI=1S/C35H46IN5O4S/c1-9-12-13-23(10-2)21-45-24-14-15-26(44-8)25(20-24)30-22(4)34(43)41-33(38-30)31(32(39-41)35(5,6)7)37-28-16-17-29(46-28)40(11-3)19-18-27(36)42/h14-17,20,23H,9-13,18-19,21H2,1-8H3. The summed E-state index contributed by atoms with van der Waals surface area (Å²) >= 11 is 3.38. The quantitative estimate of drug-likeness (QED) is 0.114. The molecule has 11 heteroatoms. The van der Waals surface area contributed by atoms with Gasteiger partial charge in [0.25, 0.3) is 5.56 Å². The zero-order valence-corrected chi connectivity index (χ0v) is 31.3. The van der Waals surface area contributed by atoms with Gasteiger partial charge in [0, 0.05) is 36.1 Å². The molecule has 0 bridgehead atoms. The molecular formula is C35H46IN5O4S. The molecule has 1 aliphatic rings. The fourth-order valence-electron chi connectivity index (χ4n) is 5.34. The minimum absolute atomic E-state index is 0.134. The van der Waals surface area contributed by atoms with E-state index in [4.69, 9.17) is 24.6 Å². The van der Waals surface area contributed by atoms with Gasteiger partial charge in [-0.15, -0.1) is 0 Å². The molecule has 46 heavy (non-hydrogen) atoms. The number of benzene rings is 1. The van der Waals surface area contributed by atoms with Gasteiger partial charge < -0.3 is 14.4 Å². The highest BCUT2D eigenvalue weighted by Gasteiger charge is 2.35. The molecule has 0 spiro atoms. The van der Waals surface area contributed by atoms with Crippen LogP contribution in [0.4, 0.5) is 10.0 Å². The lowest BCUT2D eigenvalue weighted by atomic mass is 9.87. The summed E-state index contributed by atoms with van der Waals surface area (Å²) in [4.78, 5) is 37.8. The van der Waals surface area contributed by atoms with Gasteiger partial charge in [0.2, 0.25) is 0 Å². The summed E-state index contributed by atoms with van der Waals surface area (Å²) in [6, 6.07) is 9.68. The molecular weight excluding hydrogens is 713 g/mol. The molecule has 0 radical (unpaired) electrons. The molecule has 0 N–H and O–H groups in total. The van der Waals surface area contributed by atoms with Crippen LogP contribution in [0, 0.1) is 18.3 Å². The largest absolute Gasteiger partial charge is 0.496 e. The van der Waals surface area contributed by atoms with E-state index in [9.17, 15) is 9.59 Å². The van der Waals surface area contributed by atoms with Crippen molar-refractivity contribution < 1.29 is 14.3 Å². The smallest absolute Gasteiger partial charge is 0.278 e. The molecule has 1 aromatic carbocycles. The first-order valence-corrected chi connectivity index (χ1v) is 18.0. The van der Waals surface area contributed by atoms with Crippen molar-refractivity contribution in [2.45, 2.75) is 80.6 Å². The third-order valence-electron chi connectivity index (χ3n) is 8.16. The molecule has 9 nitrogen and oxygen atoms in total. The van der Waals surface area contributed by atoms with Gasteiger partial charge in [-0.1, -0.05) is 65.2 Å². The number of unbranched alkanes of at least 4 members (excludes halogenated alkanes) is 1. The average Bonchev–Trinajstić information content (AvgIpc) is 3.64. The molecule has 1 atom stereocenters. The normalized spacial score (nSPS) is 14.3. The SMILES string of the molecule is CCCCC(CC)COc1ccc(OC)c(-c2nc3n(c(=O)c2C)N=C(C(C)(C)C)C3=Nc2ccc(N(CC)CCC(=O)I)s2)c1. The van der Waals surface area contributed by atoms with Gasteiger partial charge in [-0.2, -0.15) is 9.78 Å². The highest BCUT2D eigenvalue weighted by atomic mass is 127. The lowest BCUT2D eigenvalue weighted by molar-refractivity contribution is -0.109. The van der Waals surface area contributed by atoms with Crippen LogP contribution in [0.25, 0.3) is 11.3 Å². The van der Waals surface area contributed by atoms with E-state index < -0.39 is 5.41 Å². The summed E-state index contributed by atoms with van der Waals surface area (Å²) in [5, 5.41) is 6.57. The van der Waals surface area contributed by atoms with Crippen molar-refractivity contribution in [2.24, 2.45) is 21.4 Å². The molecule has 248 valence electrons. The van der Waals surface area contributed by atoms with Crippen LogP contribution >= 0.6 is 33.9 Å². The van der Waals surface area contributed by atoms with Gasteiger partial charge in [0.15, 0.2) is 9.61 Å². The highest BCUT2D eigenvalue weighted by Crippen LogP contribution is 2.37. The Labute approximate surface area is 290 Å². The molecule has 1 aliphatic heterocycles. The lowest BCUT2D eigenvalue weighted by Crippen LogP contribution is -2.28. The first-order chi connectivity index (χ1) is 21.9. The maximum absolute atomic E-state index is 13.9. The number of nitrogens with zero attached hydrogens (tertiary/aromatic N) is 5. The number of aliphatic imine (C=N–C) groups is 1. The van der Waals surface area contributed by atoms with Gasteiger partial charge in [0.1, 0.15) is 22.2 Å². The molecule has 3 heterocycles. The Balaban J connectivity index is 1.78. The van der Waals surface area contributed by atoms with Gasteiger partial charge in [-0.25, -0.2) is 9.98 Å². The number of thiophene rings is 1. The molecule has 0 amide bonds. The number of rotatable bonds is 15. The van der Waals surface area contributed by atoms with Crippen LogP contribution in [-0.2, 0) is 4.79 Å². The summed E-state index contributed by atoms with van der Waals surface area (Å²) in [6.07, 6.45) is 5.02. The van der Waals surface area contributed by atoms with Crippen LogP contribution in [0.15, 0.2) is 45.2 Å². The van der Waals surface area contributed by atoms with Gasteiger partial charge in [0.05, 0.1) is 30.1 Å². The first kappa shape index (κ1) is 35.8. The number of halogens is 1. The second kappa shape index (κ2) is 15.7. The van der Waals surface area contributed by atoms with Crippen molar-refractivity contribution in [3.05, 3.63) is 52.1 Å². The monoisotopic (exact) mass is 759 g/mol. The van der Waals surface area contributed by atoms with Crippen molar-refractivity contribution >= 4 is 59.1 Å². The van der Waals surface area contributed by atoms with Crippen molar-refractivity contribution in [3.63, 3.8) is 0 Å². The Morgan fingerprint density at radius 2 is 1.93 bits per heavy atom. The van der Waals surface area contributed by atoms with E-state index in [2.05, 4.69) is 46.4 Å². The fraction of sp³-hybridized carbons (Fsp3) is 0.514. The van der Waals surface area contributed by atoms with Gasteiger partial charge in [-0.05, 0) is 79.1 Å². The van der Waals surface area contributed by atoms with E-state index in [0.717, 1.165) is 29.4 Å². The van der Waals surface area contributed by atoms with E-state index in [1.54, 1.807) is 14.0 Å². The topological polar surface area (TPSA) is 98.4 Å². The van der Waals surface area contributed by atoms with E-state index in [1.165, 1.54) is 28.9 Å². The third-order valence-corrected chi connectivity index (χ3v) is 9.74. The number of hydrogen-bond acceptors (Lipinski definition) is 9. The number of hydrogen-bond donors (Lipinski definition) is 0. The van der Waals surface area contributed by atoms with Crippen molar-refractivity contribution in [2.75, 3.05) is 31.7 Å². The maximum Gasteiger partial charge on any atom is 0.278 e. The van der Waals surface area contributed by atoms with Gasteiger partial charge in [-0.3, -0.25) is 9.59 Å². The Kier molecular flexibility index (Phi) is 12.2. The Hall–Kier alpha value is -3.06. The summed E-state index contributed by atoms with van der Waals surface area (Å²) < 4.78 is 13.5. The molecule has 0 saturated carbocycles. The molecule has 1 unspecified atom stereocenters. The molecule has 3 aromatic rings. The Bertz CT molecular complexity index is 1670. The maximum atomic E-state index is 13.9. The van der Waals surface area contributed by atoms with Crippen LogP contribution in [0.5, 0.6) is 11.5 Å². The van der Waals surface area contributed by atoms with Crippen LogP contribution in [0.1, 0.15) is 85.0 Å². The molecule has 0 aliphatic carbocycles. The number of methoxy groups -OCH3 is 1. The molecule has 4 rings (SSSR count). The summed E-state index contributed by atoms with van der Waals surface area (Å²) in [5.74, 6) is 2.19. The second-order valence-electron chi connectivity index (χ2n) is 12.6. The zero-order valence-electron chi connectivity index (χ0n) is 28.3. The Morgan fingerprint density at radius 3 is 2.57 bits per heavy atom. The van der Waals surface area contributed by atoms with Crippen LogP contribution in [0.3, 0.4) is 0 Å². The predicted octanol–water partition coefficient (Wildman–Crippen LogP) is 8.45. The predicted molar refractivity (Wildman–Crippen MR) is 198 cm³/mol. The fourth-order valence-corrected chi connectivity index (χ4v) is 6.56. The van der Waals surface area contributed by atoms with Crippen molar-refractivity contribution in [1.82, 2.24) is 9.66 Å². The minimum atomic E-state index is -0.401.